The quantitative estimate of drug-likeness (QED) is 0.211. The number of para-hydroxylation sites is 1. The van der Waals surface area contributed by atoms with Crippen LogP contribution in [-0.2, 0) is 6.42 Å². The third-order valence-electron chi connectivity index (χ3n) is 6.38. The van der Waals surface area contributed by atoms with Crippen molar-refractivity contribution in [2.24, 2.45) is 0 Å². The predicted molar refractivity (Wildman–Crippen MR) is 163 cm³/mol. The molecule has 0 aliphatic carbocycles. The van der Waals surface area contributed by atoms with Crippen LogP contribution in [0.4, 0.5) is 11.4 Å². The highest BCUT2D eigenvalue weighted by Crippen LogP contribution is 2.48. The molecule has 4 aromatic rings. The zero-order valence-corrected chi connectivity index (χ0v) is 24.4. The first-order valence-electron chi connectivity index (χ1n) is 12.9. The van der Waals surface area contributed by atoms with Crippen molar-refractivity contribution >= 4 is 40.5 Å². The van der Waals surface area contributed by atoms with Crippen LogP contribution in [0.25, 0.3) is 0 Å². The highest BCUT2D eigenvalue weighted by molar-refractivity contribution is 7.99. The van der Waals surface area contributed by atoms with Crippen LogP contribution >= 0.6 is 23.4 Å². The van der Waals surface area contributed by atoms with E-state index < -0.39 is 0 Å². The van der Waals surface area contributed by atoms with Crippen molar-refractivity contribution < 1.29 is 19.7 Å². The van der Waals surface area contributed by atoms with Gasteiger partial charge in [-0.2, -0.15) is 0 Å². The number of carbonyl (C=O) groups is 1. The van der Waals surface area contributed by atoms with Gasteiger partial charge in [0, 0.05) is 33.8 Å². The van der Waals surface area contributed by atoms with Crippen molar-refractivity contribution in [3.05, 3.63) is 101 Å². The zero-order chi connectivity index (χ0) is 28.6. The van der Waals surface area contributed by atoms with Crippen molar-refractivity contribution in [1.29, 1.82) is 0 Å². The van der Waals surface area contributed by atoms with Crippen LogP contribution in [-0.4, -0.2) is 55.2 Å². The molecule has 0 spiro atoms. The number of phenols is 2. The number of halogens is 1. The molecule has 40 heavy (non-hydrogen) atoms. The summed E-state index contributed by atoms with van der Waals surface area (Å²) in [5.41, 5.74) is 3.55. The van der Waals surface area contributed by atoms with E-state index in [1.165, 1.54) is 33.3 Å². The molecule has 4 aromatic carbocycles. The van der Waals surface area contributed by atoms with Crippen LogP contribution in [0.1, 0.15) is 22.3 Å². The minimum Gasteiger partial charge on any atom is -0.508 e. The van der Waals surface area contributed by atoms with E-state index in [1.807, 2.05) is 17.8 Å². The fourth-order valence-electron chi connectivity index (χ4n) is 4.37. The maximum absolute atomic E-state index is 12.0. The fraction of sp³-hybridized carbons (Fsp3) is 0.219. The number of ketones is 1. The maximum Gasteiger partial charge on any atom is 0.170 e. The molecule has 0 saturated heterocycles. The number of methoxy groups -OCH3 is 1. The lowest BCUT2D eigenvalue weighted by atomic mass is 10.0. The van der Waals surface area contributed by atoms with Gasteiger partial charge in [-0.1, -0.05) is 47.6 Å². The smallest absolute Gasteiger partial charge is 0.170 e. The van der Waals surface area contributed by atoms with Gasteiger partial charge in [-0.15, -0.1) is 0 Å². The van der Waals surface area contributed by atoms with Crippen molar-refractivity contribution in [2.45, 2.75) is 22.6 Å². The van der Waals surface area contributed by atoms with Crippen LogP contribution in [0.15, 0.2) is 94.7 Å². The Hall–Kier alpha value is -3.65. The van der Waals surface area contributed by atoms with E-state index in [9.17, 15) is 15.0 Å². The van der Waals surface area contributed by atoms with Gasteiger partial charge in [-0.3, -0.25) is 4.79 Å². The Bertz CT molecular complexity index is 1460. The lowest BCUT2D eigenvalue weighted by Crippen LogP contribution is -2.25. The third-order valence-corrected chi connectivity index (χ3v) is 7.75. The van der Waals surface area contributed by atoms with E-state index in [1.54, 1.807) is 31.4 Å². The molecule has 208 valence electrons. The number of aromatic hydroxyl groups is 2. The largest absolute Gasteiger partial charge is 0.508 e. The summed E-state index contributed by atoms with van der Waals surface area (Å²) in [7, 11) is 5.81. The maximum atomic E-state index is 12.0. The Morgan fingerprint density at radius 3 is 2.35 bits per heavy atom. The second-order valence-corrected chi connectivity index (χ2v) is 11.2. The molecule has 0 saturated carbocycles. The van der Waals surface area contributed by atoms with Gasteiger partial charge in [0.05, 0.1) is 24.0 Å². The molecule has 5 rings (SSSR count). The number of hydrogen-bond donors (Lipinski definition) is 2. The van der Waals surface area contributed by atoms with Crippen molar-refractivity contribution in [1.82, 2.24) is 4.90 Å². The van der Waals surface area contributed by atoms with Gasteiger partial charge >= 0.3 is 0 Å². The normalized spacial score (nSPS) is 11.8. The molecule has 0 atom stereocenters. The van der Waals surface area contributed by atoms with Crippen LogP contribution in [0.2, 0.25) is 5.02 Å². The third kappa shape index (κ3) is 7.50. The molecule has 8 heteroatoms. The molecule has 0 fully saturated rings. The SMILES string of the molecule is CN(C)CCCN1c2ccccc2Sc2ccc(Cl)cc21.COc1ccc(CC(=O)c2ccc(O)cc2O)cc1. The summed E-state index contributed by atoms with van der Waals surface area (Å²) < 4.78 is 5.04. The monoisotopic (exact) mass is 576 g/mol. The Labute approximate surface area is 244 Å². The molecule has 1 heterocycles. The summed E-state index contributed by atoms with van der Waals surface area (Å²) in [5, 5.41) is 19.6. The highest BCUT2D eigenvalue weighted by Gasteiger charge is 2.23. The van der Waals surface area contributed by atoms with E-state index in [-0.39, 0.29) is 29.3 Å². The predicted octanol–water partition coefficient (Wildman–Crippen LogP) is 7.43. The number of carbonyl (C=O) groups excluding carboxylic acids is 1. The fourth-order valence-corrected chi connectivity index (χ4v) is 5.61. The minimum absolute atomic E-state index is 0.0708. The van der Waals surface area contributed by atoms with E-state index in [2.05, 4.69) is 60.3 Å². The standard InChI is InChI=1S/C17H19ClN2S.C15H14O4/c1-19(2)10-5-11-20-14-6-3-4-7-16(14)21-17-9-8-13(18)12-15(17)20;1-19-12-5-2-10(3-6-12)8-14(17)13-7-4-11(16)9-15(13)18/h3-4,6-9,12H,5,10-11H2,1-2H3;2-7,9,16,18H,8H2,1H3. The summed E-state index contributed by atoms with van der Waals surface area (Å²) in [6, 6.07) is 25.9. The van der Waals surface area contributed by atoms with Crippen LogP contribution in [0.5, 0.6) is 17.2 Å². The lowest BCUT2D eigenvalue weighted by Gasteiger charge is -2.33. The molecule has 0 aromatic heterocycles. The number of hydrogen-bond acceptors (Lipinski definition) is 7. The first-order chi connectivity index (χ1) is 19.2. The van der Waals surface area contributed by atoms with Crippen LogP contribution < -0.4 is 9.64 Å². The summed E-state index contributed by atoms with van der Waals surface area (Å²) >= 11 is 8.03. The molecule has 1 aliphatic heterocycles. The van der Waals surface area contributed by atoms with E-state index in [0.717, 1.165) is 41.9 Å². The van der Waals surface area contributed by atoms with Gasteiger partial charge in [0.1, 0.15) is 17.2 Å². The van der Waals surface area contributed by atoms with Crippen molar-refractivity contribution in [3.63, 3.8) is 0 Å². The Balaban J connectivity index is 0.000000186. The summed E-state index contributed by atoms with van der Waals surface area (Å²) in [4.78, 5) is 19.3. The topological polar surface area (TPSA) is 73.2 Å². The minimum atomic E-state index is -0.210. The number of rotatable bonds is 8. The van der Waals surface area contributed by atoms with Crippen molar-refractivity contribution in [3.8, 4) is 17.2 Å². The first kappa shape index (κ1) is 29.3. The van der Waals surface area contributed by atoms with E-state index in [4.69, 9.17) is 16.3 Å². The van der Waals surface area contributed by atoms with Gasteiger partial charge in [-0.25, -0.2) is 0 Å². The second kappa shape index (κ2) is 13.6. The summed E-state index contributed by atoms with van der Waals surface area (Å²) in [6.45, 7) is 2.09. The molecular weight excluding hydrogens is 544 g/mol. The van der Waals surface area contributed by atoms with Crippen LogP contribution in [0, 0.1) is 0 Å². The summed E-state index contributed by atoms with van der Waals surface area (Å²) in [5.74, 6) is 0.239. The number of nitrogens with zero attached hydrogens (tertiary/aromatic N) is 2. The second-order valence-electron chi connectivity index (χ2n) is 9.64. The molecule has 0 bridgehead atoms. The van der Waals surface area contributed by atoms with E-state index in [0.29, 0.717) is 0 Å². The zero-order valence-electron chi connectivity index (χ0n) is 22.8. The van der Waals surface area contributed by atoms with Gasteiger partial charge in [0.2, 0.25) is 0 Å². The Kier molecular flexibility index (Phi) is 9.98. The Morgan fingerprint density at radius 2 is 1.65 bits per heavy atom. The molecule has 1 aliphatic rings. The average molecular weight is 577 g/mol. The van der Waals surface area contributed by atoms with Gasteiger partial charge in [0.15, 0.2) is 5.78 Å². The number of phenolic OH excluding ortho intramolecular Hbond substituents is 2. The molecule has 0 amide bonds. The molecule has 6 nitrogen and oxygen atoms in total. The van der Waals surface area contributed by atoms with Gasteiger partial charge in [0.25, 0.3) is 0 Å². The molecular formula is C32H33ClN2O4S. The highest BCUT2D eigenvalue weighted by atomic mass is 35.5. The molecule has 2 N–H and O–H groups in total. The Morgan fingerprint density at radius 1 is 0.925 bits per heavy atom. The van der Waals surface area contributed by atoms with Gasteiger partial charge < -0.3 is 24.7 Å². The number of ether oxygens (including phenoxy) is 1. The first-order valence-corrected chi connectivity index (χ1v) is 14.1. The lowest BCUT2D eigenvalue weighted by molar-refractivity contribution is 0.0990. The van der Waals surface area contributed by atoms with E-state index >= 15 is 0 Å². The number of benzene rings is 4. The number of fused-ring (bicyclic) bond motifs is 2. The number of Topliss-reactive ketones (excluding diaryl/α,β-unsaturated/α-hetero) is 1. The average Bonchev–Trinajstić information content (AvgIpc) is 2.93. The van der Waals surface area contributed by atoms with Crippen molar-refractivity contribution in [2.75, 3.05) is 39.2 Å². The molecule has 0 unspecified atom stereocenters. The van der Waals surface area contributed by atoms with Crippen LogP contribution in [0.3, 0.4) is 0 Å². The van der Waals surface area contributed by atoms with Gasteiger partial charge in [-0.05, 0) is 87.2 Å². The summed E-state index contributed by atoms with van der Waals surface area (Å²) in [6.07, 6.45) is 1.31. The number of anilines is 2. The molecule has 0 radical (unpaired) electrons.